The van der Waals surface area contributed by atoms with Crippen LogP contribution < -0.4 is 19.1 Å². The number of aromatic nitrogens is 1. The molecule has 1 aromatic heterocycles. The van der Waals surface area contributed by atoms with Crippen molar-refractivity contribution in [2.24, 2.45) is 0 Å². The third kappa shape index (κ3) is 5.80. The first-order valence-electron chi connectivity index (χ1n) is 13.8. The van der Waals surface area contributed by atoms with Crippen molar-refractivity contribution in [2.45, 2.75) is 39.2 Å². The number of halogens is 1. The highest BCUT2D eigenvalue weighted by Crippen LogP contribution is 2.46. The van der Waals surface area contributed by atoms with E-state index in [1.54, 1.807) is 60.7 Å². The molecule has 42 heavy (non-hydrogen) atoms. The maximum atomic E-state index is 13.6. The monoisotopic (exact) mass is 606 g/mol. The van der Waals surface area contributed by atoms with E-state index >= 15 is 0 Å². The lowest BCUT2D eigenvalue weighted by atomic mass is 9.95. The van der Waals surface area contributed by atoms with E-state index in [0.29, 0.717) is 57.3 Å². The van der Waals surface area contributed by atoms with Crippen LogP contribution in [0.2, 0.25) is 5.02 Å². The third-order valence-electron chi connectivity index (χ3n) is 6.94. The smallest absolute Gasteiger partial charge is 0.301 e. The number of nitrogens with zero attached hydrogens (tertiary/aromatic N) is 2. The number of hydrogen-bond acceptors (Lipinski definition) is 8. The number of rotatable bonds is 11. The first-order chi connectivity index (χ1) is 20.4. The number of unbranched alkanes of at least 4 members (excludes halogenated alkanes) is 2. The molecule has 0 bridgehead atoms. The minimum Gasteiger partial charge on any atom is -0.507 e. The van der Waals surface area contributed by atoms with Crippen molar-refractivity contribution in [3.8, 4) is 17.2 Å². The van der Waals surface area contributed by atoms with Crippen LogP contribution in [0.5, 0.6) is 17.2 Å². The molecule has 1 fully saturated rings. The van der Waals surface area contributed by atoms with Crippen LogP contribution in [0.3, 0.4) is 0 Å². The summed E-state index contributed by atoms with van der Waals surface area (Å²) in [6, 6.07) is 16.2. The van der Waals surface area contributed by atoms with Gasteiger partial charge in [0.25, 0.3) is 5.78 Å². The number of hydrogen-bond donors (Lipinski definition) is 1. The lowest BCUT2D eigenvalue weighted by Crippen LogP contribution is -2.29. The Labute approximate surface area is 253 Å². The van der Waals surface area contributed by atoms with Crippen molar-refractivity contribution in [3.05, 3.63) is 82.4 Å². The minimum absolute atomic E-state index is 0.0554. The Morgan fingerprint density at radius 1 is 1.00 bits per heavy atom. The van der Waals surface area contributed by atoms with E-state index in [1.165, 1.54) is 23.3 Å². The van der Waals surface area contributed by atoms with E-state index < -0.39 is 17.7 Å². The van der Waals surface area contributed by atoms with Crippen molar-refractivity contribution in [1.29, 1.82) is 0 Å². The Balaban J connectivity index is 1.63. The molecule has 0 saturated carbocycles. The number of aliphatic hydroxyl groups excluding tert-OH is 1. The van der Waals surface area contributed by atoms with Crippen molar-refractivity contribution in [2.75, 3.05) is 25.2 Å². The zero-order valence-corrected chi connectivity index (χ0v) is 25.1. The van der Waals surface area contributed by atoms with Crippen molar-refractivity contribution in [3.63, 3.8) is 0 Å². The van der Waals surface area contributed by atoms with E-state index in [9.17, 15) is 14.7 Å². The largest absolute Gasteiger partial charge is 0.507 e. The van der Waals surface area contributed by atoms with Crippen LogP contribution >= 0.6 is 22.9 Å². The average Bonchev–Trinajstić information content (AvgIpc) is 3.52. The number of carbonyl (C=O) groups is 2. The van der Waals surface area contributed by atoms with Gasteiger partial charge in [-0.1, -0.05) is 48.8 Å². The van der Waals surface area contributed by atoms with Gasteiger partial charge < -0.3 is 19.3 Å². The highest BCUT2D eigenvalue weighted by molar-refractivity contribution is 7.22. The molecule has 5 rings (SSSR count). The summed E-state index contributed by atoms with van der Waals surface area (Å²) in [5.74, 6) is -0.286. The second-order valence-corrected chi connectivity index (χ2v) is 11.1. The minimum atomic E-state index is -0.976. The van der Waals surface area contributed by atoms with Gasteiger partial charge in [-0.25, -0.2) is 4.98 Å². The third-order valence-corrected chi connectivity index (χ3v) is 8.19. The molecule has 218 valence electrons. The van der Waals surface area contributed by atoms with E-state index in [1.807, 2.05) is 6.92 Å². The number of fused-ring (bicyclic) bond motifs is 1. The molecule has 1 amide bonds. The average molecular weight is 607 g/mol. The fourth-order valence-corrected chi connectivity index (χ4v) is 6.14. The number of anilines is 1. The number of ketones is 1. The Bertz CT molecular complexity index is 1650. The lowest BCUT2D eigenvalue weighted by Gasteiger charge is -2.24. The number of ether oxygens (including phenoxy) is 3. The van der Waals surface area contributed by atoms with Crippen molar-refractivity contribution >= 4 is 55.7 Å². The molecular weight excluding hydrogens is 576 g/mol. The standard InChI is InChI=1S/C32H31ClN2O6S/c1-4-6-7-16-41-24-15-10-20(17-25(24)39-3)28-27(29(36)19-8-12-22(13-9-19)40-5-2)30(37)31(38)35(28)32-34-23-14-11-21(33)18-26(23)42-32/h8-15,17-18,28,36H,4-7,16H2,1-3H3. The molecule has 0 spiro atoms. The van der Waals surface area contributed by atoms with Gasteiger partial charge in [0.1, 0.15) is 11.5 Å². The zero-order chi connectivity index (χ0) is 29.8. The molecule has 2 heterocycles. The molecule has 1 aliphatic rings. The fourth-order valence-electron chi connectivity index (χ4n) is 4.87. The Hall–Kier alpha value is -4.08. The van der Waals surface area contributed by atoms with Gasteiger partial charge in [0, 0.05) is 10.6 Å². The molecule has 1 aliphatic heterocycles. The van der Waals surface area contributed by atoms with Crippen molar-refractivity contribution < 1.29 is 28.9 Å². The normalized spacial score (nSPS) is 16.3. The summed E-state index contributed by atoms with van der Waals surface area (Å²) in [7, 11) is 1.53. The quantitative estimate of drug-likeness (QED) is 0.0814. The first-order valence-corrected chi connectivity index (χ1v) is 15.0. The van der Waals surface area contributed by atoms with Crippen molar-refractivity contribution in [1.82, 2.24) is 4.98 Å². The van der Waals surface area contributed by atoms with E-state index in [0.717, 1.165) is 24.0 Å². The molecule has 1 N–H and O–H groups in total. The Morgan fingerprint density at radius 2 is 1.79 bits per heavy atom. The maximum Gasteiger partial charge on any atom is 0.301 e. The summed E-state index contributed by atoms with van der Waals surface area (Å²) >= 11 is 7.44. The van der Waals surface area contributed by atoms with Crippen LogP contribution in [0.25, 0.3) is 16.0 Å². The summed E-state index contributed by atoms with van der Waals surface area (Å²) in [5.41, 5.74) is 1.51. The number of thiazole rings is 1. The molecule has 10 heteroatoms. The van der Waals surface area contributed by atoms with Gasteiger partial charge in [0.05, 0.1) is 42.2 Å². The summed E-state index contributed by atoms with van der Waals surface area (Å²) in [6.45, 7) is 5.03. The number of amides is 1. The summed E-state index contributed by atoms with van der Waals surface area (Å²) in [4.78, 5) is 33.2. The molecule has 3 aromatic carbocycles. The maximum absolute atomic E-state index is 13.6. The number of Topliss-reactive ketones (excluding diaryl/α,β-unsaturated/α-hetero) is 1. The molecular formula is C32H31ClN2O6S. The van der Waals surface area contributed by atoms with Gasteiger partial charge in [0.15, 0.2) is 16.6 Å². The van der Waals surface area contributed by atoms with Crippen LogP contribution in [-0.4, -0.2) is 42.1 Å². The highest BCUT2D eigenvalue weighted by Gasteiger charge is 2.48. The molecule has 4 aromatic rings. The van der Waals surface area contributed by atoms with Gasteiger partial charge in [-0.2, -0.15) is 0 Å². The molecule has 0 aliphatic carbocycles. The molecule has 0 radical (unpaired) electrons. The fraction of sp³-hybridized carbons (Fsp3) is 0.281. The predicted octanol–water partition coefficient (Wildman–Crippen LogP) is 7.55. The SMILES string of the molecule is CCCCCOc1ccc(C2C(=C(O)c3ccc(OCC)cc3)C(=O)C(=O)N2c2nc3ccc(Cl)cc3s2)cc1OC. The Kier molecular flexibility index (Phi) is 8.99. The second-order valence-electron chi connectivity index (χ2n) is 9.70. The Morgan fingerprint density at radius 3 is 2.50 bits per heavy atom. The molecule has 8 nitrogen and oxygen atoms in total. The van der Waals surface area contributed by atoms with Gasteiger partial charge >= 0.3 is 5.91 Å². The molecule has 1 unspecified atom stereocenters. The molecule has 1 atom stereocenters. The number of carbonyl (C=O) groups excluding carboxylic acids is 2. The topological polar surface area (TPSA) is 98.2 Å². The van der Waals surface area contributed by atoms with E-state index in [2.05, 4.69) is 11.9 Å². The van der Waals surface area contributed by atoms with Gasteiger partial charge in [-0.15, -0.1) is 0 Å². The summed E-state index contributed by atoms with van der Waals surface area (Å²) in [5, 5.41) is 12.3. The first kappa shape index (κ1) is 29.4. The summed E-state index contributed by atoms with van der Waals surface area (Å²) < 4.78 is 17.9. The van der Waals surface area contributed by atoms with E-state index in [4.69, 9.17) is 25.8 Å². The van der Waals surface area contributed by atoms with Crippen LogP contribution in [0.1, 0.15) is 50.3 Å². The lowest BCUT2D eigenvalue weighted by molar-refractivity contribution is -0.132. The van der Waals surface area contributed by atoms with Gasteiger partial charge in [-0.3, -0.25) is 14.5 Å². The number of aliphatic hydroxyl groups is 1. The summed E-state index contributed by atoms with van der Waals surface area (Å²) in [6.07, 6.45) is 3.03. The van der Waals surface area contributed by atoms with Crippen LogP contribution in [0.4, 0.5) is 5.13 Å². The number of methoxy groups -OCH3 is 1. The molecule has 1 saturated heterocycles. The van der Waals surface area contributed by atoms with Crippen LogP contribution in [0.15, 0.2) is 66.2 Å². The van der Waals surface area contributed by atoms with E-state index in [-0.39, 0.29) is 11.3 Å². The highest BCUT2D eigenvalue weighted by atomic mass is 35.5. The van der Waals surface area contributed by atoms with Crippen LogP contribution in [0, 0.1) is 0 Å². The predicted molar refractivity (Wildman–Crippen MR) is 165 cm³/mol. The van der Waals surface area contributed by atoms with Gasteiger partial charge in [-0.05, 0) is 73.5 Å². The van der Waals surface area contributed by atoms with Gasteiger partial charge in [0.2, 0.25) is 0 Å². The van der Waals surface area contributed by atoms with Crippen LogP contribution in [-0.2, 0) is 9.59 Å². The zero-order valence-electron chi connectivity index (χ0n) is 23.6. The second kappa shape index (κ2) is 12.8. The number of benzene rings is 3.